The number of allylic oxidation sites excluding steroid dienone is 6. The molecule has 0 saturated carbocycles. The molecule has 0 bridgehead atoms. The minimum absolute atomic E-state index is 0.0760. The van der Waals surface area contributed by atoms with Crippen LogP contribution >= 0.6 is 0 Å². The van der Waals surface area contributed by atoms with Gasteiger partial charge in [-0.3, -0.25) is 14.4 Å². The Hall–Kier alpha value is -2.37. The van der Waals surface area contributed by atoms with Gasteiger partial charge in [-0.05, 0) is 51.4 Å². The molecule has 0 aliphatic rings. The van der Waals surface area contributed by atoms with Gasteiger partial charge in [0.2, 0.25) is 0 Å². The molecule has 0 aromatic rings. The first kappa shape index (κ1) is 51.6. The zero-order chi connectivity index (χ0) is 39.4. The molecule has 6 heteroatoms. The van der Waals surface area contributed by atoms with Crippen LogP contribution in [0.2, 0.25) is 0 Å². The first-order chi connectivity index (χ1) is 26.5. The van der Waals surface area contributed by atoms with Crippen molar-refractivity contribution in [2.75, 3.05) is 13.2 Å². The van der Waals surface area contributed by atoms with Crippen LogP contribution < -0.4 is 0 Å². The molecule has 1 unspecified atom stereocenters. The van der Waals surface area contributed by atoms with E-state index in [1.165, 1.54) is 103 Å². The van der Waals surface area contributed by atoms with E-state index in [4.69, 9.17) is 14.2 Å². The van der Waals surface area contributed by atoms with Crippen LogP contribution in [-0.4, -0.2) is 37.2 Å². The van der Waals surface area contributed by atoms with Crippen LogP contribution in [0.1, 0.15) is 233 Å². The van der Waals surface area contributed by atoms with Crippen LogP contribution in [0.5, 0.6) is 0 Å². The molecule has 0 N–H and O–H groups in total. The molecule has 6 nitrogen and oxygen atoms in total. The average molecular weight is 759 g/mol. The normalized spacial score (nSPS) is 12.3. The minimum Gasteiger partial charge on any atom is -0.462 e. The van der Waals surface area contributed by atoms with Crippen LogP contribution in [0.25, 0.3) is 0 Å². The summed E-state index contributed by atoms with van der Waals surface area (Å²) in [6.45, 7) is 6.49. The second-order valence-electron chi connectivity index (χ2n) is 15.3. The fourth-order valence-electron chi connectivity index (χ4n) is 6.46. The first-order valence-corrected chi connectivity index (χ1v) is 23.0. The lowest BCUT2D eigenvalue weighted by atomic mass is 10.1. The van der Waals surface area contributed by atoms with Crippen molar-refractivity contribution >= 4 is 17.9 Å². The van der Waals surface area contributed by atoms with E-state index in [-0.39, 0.29) is 31.1 Å². The standard InChI is InChI=1S/C48H86O6/c1-4-7-10-13-16-19-22-23-24-27-29-32-35-38-41-47(50)53-44-45(54-48(51)42-39-36-33-30-26-21-18-15-12-9-6-3)43-52-46(49)40-37-34-31-28-25-20-17-14-11-8-5-2/h7,10,16,19,23-24,45H,4-6,8-9,11-15,17-18,20-22,25-44H2,1-3H3/b10-7-,19-16-,24-23-. The minimum atomic E-state index is -0.773. The Bertz CT molecular complexity index is 922. The lowest BCUT2D eigenvalue weighted by molar-refractivity contribution is -0.167. The van der Waals surface area contributed by atoms with E-state index in [2.05, 4.69) is 57.2 Å². The van der Waals surface area contributed by atoms with Crippen LogP contribution in [0.4, 0.5) is 0 Å². The third-order valence-corrected chi connectivity index (χ3v) is 9.91. The molecule has 54 heavy (non-hydrogen) atoms. The predicted molar refractivity (Wildman–Crippen MR) is 229 cm³/mol. The molecule has 1 atom stereocenters. The van der Waals surface area contributed by atoms with E-state index in [9.17, 15) is 14.4 Å². The van der Waals surface area contributed by atoms with E-state index in [1.54, 1.807) is 0 Å². The molecular weight excluding hydrogens is 673 g/mol. The Morgan fingerprint density at radius 2 is 0.722 bits per heavy atom. The number of unbranched alkanes of at least 4 members (excludes halogenated alkanes) is 24. The van der Waals surface area contributed by atoms with Gasteiger partial charge in [0.15, 0.2) is 6.10 Å². The quantitative estimate of drug-likeness (QED) is 0.0267. The Morgan fingerprint density at radius 3 is 1.13 bits per heavy atom. The monoisotopic (exact) mass is 759 g/mol. The summed E-state index contributed by atoms with van der Waals surface area (Å²) in [5.74, 6) is -0.897. The summed E-state index contributed by atoms with van der Waals surface area (Å²) in [5.41, 5.74) is 0. The van der Waals surface area contributed by atoms with Gasteiger partial charge in [0, 0.05) is 19.3 Å². The lowest BCUT2D eigenvalue weighted by Gasteiger charge is -2.18. The topological polar surface area (TPSA) is 78.9 Å². The number of esters is 3. The Balaban J connectivity index is 4.38. The van der Waals surface area contributed by atoms with E-state index < -0.39 is 6.10 Å². The molecule has 0 heterocycles. The van der Waals surface area contributed by atoms with Gasteiger partial charge in [0.25, 0.3) is 0 Å². The summed E-state index contributed by atoms with van der Waals surface area (Å²) in [6, 6.07) is 0. The number of rotatable bonds is 41. The van der Waals surface area contributed by atoms with Crippen molar-refractivity contribution in [1.29, 1.82) is 0 Å². The maximum absolute atomic E-state index is 12.7. The average Bonchev–Trinajstić information content (AvgIpc) is 3.17. The van der Waals surface area contributed by atoms with Crippen LogP contribution in [0, 0.1) is 0 Å². The molecule has 0 aliphatic carbocycles. The molecule has 0 saturated heterocycles. The zero-order valence-electron chi connectivity index (χ0n) is 35.7. The largest absolute Gasteiger partial charge is 0.462 e. The van der Waals surface area contributed by atoms with Crippen molar-refractivity contribution in [3.05, 3.63) is 36.5 Å². The smallest absolute Gasteiger partial charge is 0.306 e. The van der Waals surface area contributed by atoms with Crippen LogP contribution in [0.3, 0.4) is 0 Å². The van der Waals surface area contributed by atoms with E-state index in [0.717, 1.165) is 89.9 Å². The van der Waals surface area contributed by atoms with Gasteiger partial charge in [-0.1, -0.05) is 198 Å². The van der Waals surface area contributed by atoms with Crippen molar-refractivity contribution < 1.29 is 28.6 Å². The second-order valence-corrected chi connectivity index (χ2v) is 15.3. The second kappa shape index (κ2) is 43.4. The Labute approximate surface area is 334 Å². The van der Waals surface area contributed by atoms with Crippen molar-refractivity contribution in [2.45, 2.75) is 239 Å². The molecule has 314 valence electrons. The van der Waals surface area contributed by atoms with Gasteiger partial charge in [-0.15, -0.1) is 0 Å². The fourth-order valence-corrected chi connectivity index (χ4v) is 6.46. The number of carbonyl (C=O) groups excluding carboxylic acids is 3. The molecule has 0 spiro atoms. The highest BCUT2D eigenvalue weighted by Gasteiger charge is 2.19. The summed E-state index contributed by atoms with van der Waals surface area (Å²) in [7, 11) is 0. The lowest BCUT2D eigenvalue weighted by Crippen LogP contribution is -2.30. The van der Waals surface area contributed by atoms with Gasteiger partial charge in [-0.2, -0.15) is 0 Å². The molecule has 0 amide bonds. The first-order valence-electron chi connectivity index (χ1n) is 23.0. The molecule has 0 fully saturated rings. The molecular formula is C48H86O6. The third kappa shape index (κ3) is 40.8. The summed E-state index contributed by atoms with van der Waals surface area (Å²) < 4.78 is 16.7. The number of ether oxygens (including phenoxy) is 3. The SMILES string of the molecule is CC/C=C\C/C=C\C/C=C\CCCCCCC(=O)OCC(COC(=O)CCCCCCCCCCCCC)OC(=O)CCCCCCCCCCCCC. The predicted octanol–water partition coefficient (Wildman–Crippen LogP) is 14.6. The Morgan fingerprint density at radius 1 is 0.389 bits per heavy atom. The summed E-state index contributed by atoms with van der Waals surface area (Å²) in [6.07, 6.45) is 48.4. The van der Waals surface area contributed by atoms with Crippen molar-refractivity contribution in [3.63, 3.8) is 0 Å². The van der Waals surface area contributed by atoms with Gasteiger partial charge < -0.3 is 14.2 Å². The Kier molecular flexibility index (Phi) is 41.5. The molecule has 0 rings (SSSR count). The van der Waals surface area contributed by atoms with E-state index >= 15 is 0 Å². The molecule has 0 radical (unpaired) electrons. The van der Waals surface area contributed by atoms with Crippen LogP contribution in [0.15, 0.2) is 36.5 Å². The molecule has 0 aliphatic heterocycles. The zero-order valence-corrected chi connectivity index (χ0v) is 35.7. The fraction of sp³-hybridized carbons (Fsp3) is 0.812. The third-order valence-electron chi connectivity index (χ3n) is 9.91. The number of hydrogen-bond acceptors (Lipinski definition) is 6. The van der Waals surface area contributed by atoms with Gasteiger partial charge in [0.1, 0.15) is 13.2 Å². The van der Waals surface area contributed by atoms with E-state index in [1.807, 2.05) is 0 Å². The summed E-state index contributed by atoms with van der Waals surface area (Å²) in [4.78, 5) is 37.7. The number of carbonyl (C=O) groups is 3. The maximum Gasteiger partial charge on any atom is 0.306 e. The maximum atomic E-state index is 12.7. The highest BCUT2D eigenvalue weighted by atomic mass is 16.6. The van der Waals surface area contributed by atoms with Crippen LogP contribution in [-0.2, 0) is 28.6 Å². The molecule has 0 aromatic heterocycles. The van der Waals surface area contributed by atoms with Crippen molar-refractivity contribution in [1.82, 2.24) is 0 Å². The highest BCUT2D eigenvalue weighted by Crippen LogP contribution is 2.15. The van der Waals surface area contributed by atoms with Crippen molar-refractivity contribution in [3.8, 4) is 0 Å². The van der Waals surface area contributed by atoms with Gasteiger partial charge in [-0.25, -0.2) is 0 Å². The summed E-state index contributed by atoms with van der Waals surface area (Å²) in [5, 5.41) is 0. The molecule has 0 aromatic carbocycles. The van der Waals surface area contributed by atoms with Crippen molar-refractivity contribution in [2.24, 2.45) is 0 Å². The van der Waals surface area contributed by atoms with E-state index in [0.29, 0.717) is 19.3 Å². The number of hydrogen-bond donors (Lipinski definition) is 0. The highest BCUT2D eigenvalue weighted by molar-refractivity contribution is 5.71. The summed E-state index contributed by atoms with van der Waals surface area (Å²) >= 11 is 0. The van der Waals surface area contributed by atoms with Gasteiger partial charge >= 0.3 is 17.9 Å². The van der Waals surface area contributed by atoms with Gasteiger partial charge in [0.05, 0.1) is 0 Å².